The molecule has 0 saturated heterocycles. The monoisotopic (exact) mass is 191 g/mol. The first-order valence-corrected chi connectivity index (χ1v) is 5.37. The summed E-state index contributed by atoms with van der Waals surface area (Å²) < 4.78 is 0. The highest BCUT2D eigenvalue weighted by Crippen LogP contribution is 2.36. The highest BCUT2D eigenvalue weighted by molar-refractivity contribution is 5.20. The molecule has 1 unspecified atom stereocenters. The van der Waals surface area contributed by atoms with E-state index >= 15 is 0 Å². The lowest BCUT2D eigenvalue weighted by atomic mass is 10.0. The Morgan fingerprint density at radius 2 is 2.36 bits per heavy atom. The van der Waals surface area contributed by atoms with Crippen molar-refractivity contribution in [3.05, 3.63) is 29.6 Å². The Balaban J connectivity index is 1.95. The molecule has 1 N–H and O–H groups in total. The fourth-order valence-electron chi connectivity index (χ4n) is 1.80. The van der Waals surface area contributed by atoms with Gasteiger partial charge in [0.1, 0.15) is 0 Å². The molecule has 1 atom stereocenters. The van der Waals surface area contributed by atoms with Crippen molar-refractivity contribution in [2.45, 2.75) is 38.7 Å². The van der Waals surface area contributed by atoms with Crippen LogP contribution in [-0.2, 0) is 0 Å². The average Bonchev–Trinajstić information content (AvgIpc) is 2.98. The molecule has 1 heterocycles. The third kappa shape index (κ3) is 2.32. The van der Waals surface area contributed by atoms with Gasteiger partial charge in [-0.1, -0.05) is 18.9 Å². The van der Waals surface area contributed by atoms with Crippen LogP contribution in [0.1, 0.15) is 43.0 Å². The fourth-order valence-corrected chi connectivity index (χ4v) is 1.80. The lowest BCUT2D eigenvalue weighted by molar-refractivity contribution is 0.161. The fraction of sp³-hybridized carbons (Fsp3) is 0.583. The number of aromatic nitrogens is 1. The van der Waals surface area contributed by atoms with Crippen LogP contribution in [0.15, 0.2) is 18.3 Å². The van der Waals surface area contributed by atoms with Crippen molar-refractivity contribution < 1.29 is 5.11 Å². The number of aryl methyl sites for hydroxylation is 1. The summed E-state index contributed by atoms with van der Waals surface area (Å²) in [6.07, 6.45) is 6.22. The van der Waals surface area contributed by atoms with Crippen LogP contribution >= 0.6 is 0 Å². The molecule has 76 valence electrons. The summed E-state index contributed by atoms with van der Waals surface area (Å²) >= 11 is 0. The van der Waals surface area contributed by atoms with Gasteiger partial charge in [0.25, 0.3) is 0 Å². The van der Waals surface area contributed by atoms with E-state index in [9.17, 15) is 5.11 Å². The van der Waals surface area contributed by atoms with Crippen molar-refractivity contribution in [3.63, 3.8) is 0 Å². The van der Waals surface area contributed by atoms with Crippen molar-refractivity contribution >= 4 is 0 Å². The summed E-state index contributed by atoms with van der Waals surface area (Å²) in [6, 6.07) is 3.86. The molecule has 2 rings (SSSR count). The van der Waals surface area contributed by atoms with E-state index in [4.69, 9.17) is 0 Å². The van der Waals surface area contributed by atoms with Gasteiger partial charge in [-0.2, -0.15) is 0 Å². The van der Waals surface area contributed by atoms with Crippen LogP contribution < -0.4 is 0 Å². The van der Waals surface area contributed by atoms with Crippen LogP contribution in [-0.4, -0.2) is 10.1 Å². The Morgan fingerprint density at radius 1 is 1.57 bits per heavy atom. The molecule has 0 aromatic carbocycles. The number of hydrogen-bond acceptors (Lipinski definition) is 2. The average molecular weight is 191 g/mol. The molecule has 2 heteroatoms. The van der Waals surface area contributed by atoms with Crippen LogP contribution in [0.2, 0.25) is 0 Å². The van der Waals surface area contributed by atoms with E-state index in [1.165, 1.54) is 12.8 Å². The molecule has 1 fully saturated rings. The third-order valence-electron chi connectivity index (χ3n) is 2.95. The maximum Gasteiger partial charge on any atom is 0.0807 e. The van der Waals surface area contributed by atoms with Crippen LogP contribution in [0.25, 0.3) is 0 Å². The number of pyridine rings is 1. The highest BCUT2D eigenvalue weighted by Gasteiger charge is 2.22. The number of hydrogen-bond donors (Lipinski definition) is 1. The van der Waals surface area contributed by atoms with Gasteiger partial charge in [-0.05, 0) is 31.7 Å². The third-order valence-corrected chi connectivity index (χ3v) is 2.95. The van der Waals surface area contributed by atoms with Crippen LogP contribution in [0.3, 0.4) is 0 Å². The number of nitrogens with zero attached hydrogens (tertiary/aromatic N) is 1. The van der Waals surface area contributed by atoms with Gasteiger partial charge < -0.3 is 5.11 Å². The second-order valence-corrected chi connectivity index (χ2v) is 4.21. The van der Waals surface area contributed by atoms with Gasteiger partial charge >= 0.3 is 0 Å². The Labute approximate surface area is 85.0 Å². The zero-order valence-electron chi connectivity index (χ0n) is 8.61. The molecule has 0 spiro atoms. The van der Waals surface area contributed by atoms with E-state index in [2.05, 4.69) is 4.98 Å². The summed E-state index contributed by atoms with van der Waals surface area (Å²) in [5, 5.41) is 9.94. The second kappa shape index (κ2) is 4.09. The smallest absolute Gasteiger partial charge is 0.0807 e. The van der Waals surface area contributed by atoms with Crippen molar-refractivity contribution in [3.8, 4) is 0 Å². The molecule has 1 aliphatic carbocycles. The van der Waals surface area contributed by atoms with E-state index in [1.807, 2.05) is 19.1 Å². The van der Waals surface area contributed by atoms with Crippen LogP contribution in [0.4, 0.5) is 0 Å². The molecule has 1 saturated carbocycles. The number of aliphatic hydroxyl groups is 1. The molecule has 1 aromatic heterocycles. The predicted molar refractivity (Wildman–Crippen MR) is 55.9 cm³/mol. The lowest BCUT2D eigenvalue weighted by Gasteiger charge is -2.12. The Kier molecular flexibility index (Phi) is 2.82. The molecule has 2 nitrogen and oxygen atoms in total. The minimum atomic E-state index is -0.315. The van der Waals surface area contributed by atoms with Gasteiger partial charge in [0.2, 0.25) is 0 Å². The first-order valence-electron chi connectivity index (χ1n) is 5.37. The zero-order valence-corrected chi connectivity index (χ0v) is 8.61. The summed E-state index contributed by atoms with van der Waals surface area (Å²) in [5.74, 6) is 0.890. The van der Waals surface area contributed by atoms with Gasteiger partial charge in [0.15, 0.2) is 0 Å². The largest absolute Gasteiger partial charge is 0.388 e. The Hall–Kier alpha value is -0.890. The first kappa shape index (κ1) is 9.66. The maximum atomic E-state index is 9.94. The summed E-state index contributed by atoms with van der Waals surface area (Å²) in [5.41, 5.74) is 1.95. The molecule has 1 aliphatic rings. The van der Waals surface area contributed by atoms with Crippen LogP contribution in [0.5, 0.6) is 0 Å². The van der Waals surface area contributed by atoms with E-state index in [-0.39, 0.29) is 6.10 Å². The second-order valence-electron chi connectivity index (χ2n) is 4.21. The first-order chi connectivity index (χ1) is 6.77. The molecule has 14 heavy (non-hydrogen) atoms. The number of rotatable bonds is 4. The predicted octanol–water partition coefficient (Wildman–Crippen LogP) is 2.61. The quantitative estimate of drug-likeness (QED) is 0.793. The van der Waals surface area contributed by atoms with Gasteiger partial charge in [-0.15, -0.1) is 0 Å². The molecule has 0 radical (unpaired) electrons. The van der Waals surface area contributed by atoms with Gasteiger partial charge in [-0.25, -0.2) is 0 Å². The molecule has 0 bridgehead atoms. The topological polar surface area (TPSA) is 33.1 Å². The zero-order chi connectivity index (χ0) is 9.97. The van der Waals surface area contributed by atoms with Gasteiger partial charge in [0.05, 0.1) is 6.10 Å². The maximum absolute atomic E-state index is 9.94. The van der Waals surface area contributed by atoms with E-state index in [0.29, 0.717) is 0 Å². The molecule has 0 amide bonds. The minimum absolute atomic E-state index is 0.315. The van der Waals surface area contributed by atoms with Gasteiger partial charge in [0, 0.05) is 17.5 Å². The Morgan fingerprint density at radius 3 is 3.00 bits per heavy atom. The van der Waals surface area contributed by atoms with Crippen molar-refractivity contribution in [2.24, 2.45) is 5.92 Å². The highest BCUT2D eigenvalue weighted by atomic mass is 16.3. The summed E-state index contributed by atoms with van der Waals surface area (Å²) in [4.78, 5) is 4.18. The molecule has 1 aromatic rings. The van der Waals surface area contributed by atoms with E-state index in [0.717, 1.165) is 30.0 Å². The lowest BCUT2D eigenvalue weighted by Crippen LogP contribution is -2.01. The van der Waals surface area contributed by atoms with Crippen molar-refractivity contribution in [1.29, 1.82) is 0 Å². The summed E-state index contributed by atoms with van der Waals surface area (Å²) in [6.45, 7) is 1.95. The SMILES string of the molecule is Cc1ncccc1C(O)CCC1CC1. The van der Waals surface area contributed by atoms with Crippen LogP contribution in [0, 0.1) is 12.8 Å². The number of aliphatic hydroxyl groups excluding tert-OH is 1. The summed E-state index contributed by atoms with van der Waals surface area (Å²) in [7, 11) is 0. The van der Waals surface area contributed by atoms with E-state index < -0.39 is 0 Å². The molecular formula is C12H17NO. The van der Waals surface area contributed by atoms with E-state index in [1.54, 1.807) is 6.20 Å². The Bertz CT molecular complexity index is 307. The molecular weight excluding hydrogens is 174 g/mol. The van der Waals surface area contributed by atoms with Crippen molar-refractivity contribution in [2.75, 3.05) is 0 Å². The standard InChI is InChI=1S/C12H17NO/c1-9-11(3-2-8-13-9)12(14)7-6-10-4-5-10/h2-3,8,10,12,14H,4-7H2,1H3. The molecule has 0 aliphatic heterocycles. The normalized spacial score (nSPS) is 18.1. The van der Waals surface area contributed by atoms with Gasteiger partial charge in [-0.3, -0.25) is 4.98 Å². The minimum Gasteiger partial charge on any atom is -0.388 e. The van der Waals surface area contributed by atoms with Crippen molar-refractivity contribution in [1.82, 2.24) is 4.98 Å².